The molecule has 2 bridgehead atoms. The fourth-order valence-electron chi connectivity index (χ4n) is 4.70. The highest BCUT2D eigenvalue weighted by molar-refractivity contribution is 7.10. The van der Waals surface area contributed by atoms with Gasteiger partial charge in [0.2, 0.25) is 0 Å². The van der Waals surface area contributed by atoms with Crippen LogP contribution < -0.4 is 0 Å². The Kier molecular flexibility index (Phi) is 5.25. The Morgan fingerprint density at radius 3 is 2.24 bits per heavy atom. The van der Waals surface area contributed by atoms with Crippen LogP contribution in [-0.4, -0.2) is 29.6 Å². The molecular weight excluding hydrogens is 326 g/mol. The van der Waals surface area contributed by atoms with Crippen LogP contribution in [0.2, 0.25) is 0 Å². The molecule has 3 heterocycles. The van der Waals surface area contributed by atoms with E-state index in [4.69, 9.17) is 0 Å². The molecule has 2 aromatic rings. The summed E-state index contributed by atoms with van der Waals surface area (Å²) in [4.78, 5) is 3.74. The molecule has 1 N–H and O–H groups in total. The second-order valence-electron chi connectivity index (χ2n) is 8.07. The molecule has 3 aliphatic rings. The lowest BCUT2D eigenvalue weighted by atomic mass is 9.84. The normalized spacial score (nSPS) is 26.3. The number of aliphatic hydroxyl groups is 1. The van der Waals surface area contributed by atoms with Gasteiger partial charge in [-0.25, -0.2) is 0 Å². The summed E-state index contributed by atoms with van der Waals surface area (Å²) in [6.07, 6.45) is 7.19. The average Bonchev–Trinajstić information content (AvgIpc) is 3.03. The van der Waals surface area contributed by atoms with E-state index in [0.29, 0.717) is 6.42 Å². The van der Waals surface area contributed by atoms with E-state index in [0.717, 1.165) is 29.7 Å². The van der Waals surface area contributed by atoms with E-state index in [-0.39, 0.29) is 0 Å². The van der Waals surface area contributed by atoms with Gasteiger partial charge in [-0.3, -0.25) is 0 Å². The molecule has 1 unspecified atom stereocenters. The molecule has 0 radical (unpaired) electrons. The van der Waals surface area contributed by atoms with Crippen molar-refractivity contribution >= 4 is 11.3 Å². The highest BCUT2D eigenvalue weighted by atomic mass is 32.1. The quantitative estimate of drug-likeness (QED) is 0.812. The SMILES string of the molecule is OC(CCN1CC2CCC(CC2)C1)(Cc1ccccc1)c1cccs1. The van der Waals surface area contributed by atoms with Crippen LogP contribution in [0.5, 0.6) is 0 Å². The minimum Gasteiger partial charge on any atom is -0.384 e. The van der Waals surface area contributed by atoms with Crippen molar-refractivity contribution in [3.63, 3.8) is 0 Å². The van der Waals surface area contributed by atoms with Crippen LogP contribution in [-0.2, 0) is 12.0 Å². The van der Waals surface area contributed by atoms with Crippen molar-refractivity contribution in [2.75, 3.05) is 19.6 Å². The third kappa shape index (κ3) is 4.16. The van der Waals surface area contributed by atoms with Crippen LogP contribution in [0.4, 0.5) is 0 Å². The Morgan fingerprint density at radius 1 is 0.960 bits per heavy atom. The van der Waals surface area contributed by atoms with E-state index in [2.05, 4.69) is 46.7 Å². The zero-order valence-corrected chi connectivity index (χ0v) is 15.8. The predicted molar refractivity (Wildman–Crippen MR) is 105 cm³/mol. The molecule has 2 aliphatic heterocycles. The van der Waals surface area contributed by atoms with Crippen LogP contribution >= 0.6 is 11.3 Å². The molecule has 25 heavy (non-hydrogen) atoms. The number of thiophene rings is 1. The lowest BCUT2D eigenvalue weighted by Gasteiger charge is -2.31. The first-order valence-electron chi connectivity index (χ1n) is 9.74. The minimum absolute atomic E-state index is 0.703. The van der Waals surface area contributed by atoms with Crippen molar-refractivity contribution < 1.29 is 5.11 Å². The van der Waals surface area contributed by atoms with Gasteiger partial charge in [0.1, 0.15) is 5.60 Å². The lowest BCUT2D eigenvalue weighted by Crippen LogP contribution is -2.36. The summed E-state index contributed by atoms with van der Waals surface area (Å²) in [5.74, 6) is 1.78. The number of hydrogen-bond donors (Lipinski definition) is 1. The second-order valence-corrected chi connectivity index (χ2v) is 9.02. The van der Waals surface area contributed by atoms with Gasteiger partial charge in [0.25, 0.3) is 0 Å². The molecule has 134 valence electrons. The van der Waals surface area contributed by atoms with Crippen molar-refractivity contribution in [1.29, 1.82) is 0 Å². The summed E-state index contributed by atoms with van der Waals surface area (Å²) in [6.45, 7) is 3.49. The lowest BCUT2D eigenvalue weighted by molar-refractivity contribution is 0.0197. The van der Waals surface area contributed by atoms with E-state index >= 15 is 0 Å². The van der Waals surface area contributed by atoms with E-state index < -0.39 is 5.60 Å². The van der Waals surface area contributed by atoms with Crippen molar-refractivity contribution in [3.8, 4) is 0 Å². The zero-order valence-electron chi connectivity index (χ0n) is 14.9. The Labute approximate surface area is 155 Å². The molecule has 0 amide bonds. The maximum atomic E-state index is 11.6. The summed E-state index contributed by atoms with van der Waals surface area (Å²) in [5.41, 5.74) is 0.468. The van der Waals surface area contributed by atoms with Gasteiger partial charge in [0, 0.05) is 30.9 Å². The smallest absolute Gasteiger partial charge is 0.104 e. The van der Waals surface area contributed by atoms with Crippen LogP contribution in [0.1, 0.15) is 42.5 Å². The molecule has 3 heteroatoms. The molecular formula is C22H29NOS. The number of hydrogen-bond acceptors (Lipinski definition) is 3. The highest BCUT2D eigenvalue weighted by Gasteiger charge is 2.34. The van der Waals surface area contributed by atoms with Crippen LogP contribution in [0.25, 0.3) is 0 Å². The maximum absolute atomic E-state index is 11.6. The van der Waals surface area contributed by atoms with Crippen LogP contribution in [0.15, 0.2) is 47.8 Å². The van der Waals surface area contributed by atoms with E-state index in [1.54, 1.807) is 11.3 Å². The molecule has 5 rings (SSSR count). The topological polar surface area (TPSA) is 23.5 Å². The number of benzene rings is 1. The predicted octanol–water partition coefficient (Wildman–Crippen LogP) is 4.69. The van der Waals surface area contributed by atoms with Crippen molar-refractivity contribution in [1.82, 2.24) is 4.90 Å². The fourth-order valence-corrected chi connectivity index (χ4v) is 5.56. The van der Waals surface area contributed by atoms with E-state index in [1.807, 2.05) is 6.07 Å². The standard InChI is InChI=1S/C22H29NOS/c24-22(21-7-4-14-25-21,15-18-5-2-1-3-6-18)12-13-23-16-19-8-9-20(17-23)11-10-19/h1-7,14,19-20,24H,8-13,15-17H2. The molecule has 2 saturated heterocycles. The minimum atomic E-state index is -0.749. The maximum Gasteiger partial charge on any atom is 0.104 e. The number of nitrogens with zero attached hydrogens (tertiary/aromatic N) is 1. The molecule has 1 aromatic carbocycles. The zero-order chi connectivity index (χ0) is 17.1. The summed E-state index contributed by atoms with van der Waals surface area (Å²) in [6, 6.07) is 14.6. The first-order chi connectivity index (χ1) is 12.2. The monoisotopic (exact) mass is 355 g/mol. The molecule has 2 nitrogen and oxygen atoms in total. The van der Waals surface area contributed by atoms with Crippen LogP contribution in [0, 0.1) is 11.8 Å². The molecule has 1 aliphatic carbocycles. The van der Waals surface area contributed by atoms with E-state index in [1.165, 1.54) is 44.3 Å². The Bertz CT molecular complexity index is 634. The van der Waals surface area contributed by atoms with Gasteiger partial charge in [0.15, 0.2) is 0 Å². The average molecular weight is 356 g/mol. The fraction of sp³-hybridized carbons (Fsp3) is 0.545. The van der Waals surface area contributed by atoms with Gasteiger partial charge in [-0.05, 0) is 60.9 Å². The highest BCUT2D eigenvalue weighted by Crippen LogP contribution is 2.36. The second kappa shape index (κ2) is 7.61. The van der Waals surface area contributed by atoms with E-state index in [9.17, 15) is 5.11 Å². The van der Waals surface area contributed by atoms with Crippen molar-refractivity contribution in [3.05, 3.63) is 58.3 Å². The Hall–Kier alpha value is -1.16. The summed E-state index contributed by atoms with van der Waals surface area (Å²) in [7, 11) is 0. The van der Waals surface area contributed by atoms with Gasteiger partial charge in [-0.2, -0.15) is 0 Å². The van der Waals surface area contributed by atoms with Gasteiger partial charge in [-0.15, -0.1) is 11.3 Å². The number of fused-ring (bicyclic) bond motifs is 4. The van der Waals surface area contributed by atoms with Crippen molar-refractivity contribution in [2.45, 2.75) is 44.1 Å². The summed E-state index contributed by atoms with van der Waals surface area (Å²) in [5, 5.41) is 13.6. The largest absolute Gasteiger partial charge is 0.384 e. The molecule has 1 aromatic heterocycles. The Morgan fingerprint density at radius 2 is 1.64 bits per heavy atom. The summed E-state index contributed by atoms with van der Waals surface area (Å²) < 4.78 is 0. The molecule has 0 spiro atoms. The van der Waals surface area contributed by atoms with Gasteiger partial charge in [0.05, 0.1) is 0 Å². The van der Waals surface area contributed by atoms with Gasteiger partial charge < -0.3 is 10.0 Å². The number of rotatable bonds is 6. The first-order valence-corrected chi connectivity index (χ1v) is 10.6. The van der Waals surface area contributed by atoms with Gasteiger partial charge in [-0.1, -0.05) is 36.4 Å². The third-order valence-electron chi connectivity index (χ3n) is 6.16. The molecule has 1 atom stereocenters. The Balaban J connectivity index is 1.47. The molecule has 1 saturated carbocycles. The summed E-state index contributed by atoms with van der Waals surface area (Å²) >= 11 is 1.68. The third-order valence-corrected chi connectivity index (χ3v) is 7.22. The first kappa shape index (κ1) is 17.3. The van der Waals surface area contributed by atoms with Crippen LogP contribution in [0.3, 0.4) is 0 Å². The van der Waals surface area contributed by atoms with Crippen molar-refractivity contribution in [2.24, 2.45) is 11.8 Å². The van der Waals surface area contributed by atoms with Gasteiger partial charge >= 0.3 is 0 Å². The molecule has 3 fully saturated rings.